The molecule has 1 aromatic heterocycles. The molecule has 1 aromatic rings. The van der Waals surface area contributed by atoms with Gasteiger partial charge in [0.05, 0.1) is 6.61 Å². The third-order valence-electron chi connectivity index (χ3n) is 2.05. The molecule has 0 fully saturated rings. The van der Waals surface area contributed by atoms with Crippen molar-refractivity contribution in [1.82, 2.24) is 15.0 Å². The van der Waals surface area contributed by atoms with E-state index in [0.717, 1.165) is 13.1 Å². The number of hydrogen-bond donors (Lipinski definition) is 2. The van der Waals surface area contributed by atoms with E-state index in [1.165, 1.54) is 0 Å². The van der Waals surface area contributed by atoms with Crippen molar-refractivity contribution in [2.45, 2.75) is 20.8 Å². The number of nitrogens with zero attached hydrogens (tertiary/aromatic N) is 4. The van der Waals surface area contributed by atoms with Crippen molar-refractivity contribution in [1.29, 1.82) is 0 Å². The van der Waals surface area contributed by atoms with Gasteiger partial charge in [-0.3, -0.25) is 5.43 Å². The van der Waals surface area contributed by atoms with Crippen LogP contribution < -0.4 is 20.9 Å². The van der Waals surface area contributed by atoms with Gasteiger partial charge in [-0.25, -0.2) is 5.84 Å². The lowest BCUT2D eigenvalue weighted by Gasteiger charge is -2.18. The first-order valence-corrected chi connectivity index (χ1v) is 5.35. The van der Waals surface area contributed by atoms with Gasteiger partial charge in [-0.1, -0.05) is 0 Å². The molecular weight excluding hydrogens is 208 g/mol. The fourth-order valence-corrected chi connectivity index (χ4v) is 1.25. The van der Waals surface area contributed by atoms with E-state index in [2.05, 4.69) is 20.4 Å². The summed E-state index contributed by atoms with van der Waals surface area (Å²) in [6.45, 7) is 8.07. The highest BCUT2D eigenvalue weighted by Crippen LogP contribution is 2.13. The number of ether oxygens (including phenoxy) is 1. The van der Waals surface area contributed by atoms with Crippen molar-refractivity contribution < 1.29 is 4.74 Å². The van der Waals surface area contributed by atoms with Gasteiger partial charge in [0.2, 0.25) is 11.9 Å². The van der Waals surface area contributed by atoms with Crippen molar-refractivity contribution in [2.75, 3.05) is 30.0 Å². The smallest absolute Gasteiger partial charge is 0.323 e. The van der Waals surface area contributed by atoms with Crippen LogP contribution in [0.4, 0.5) is 11.9 Å². The highest BCUT2D eigenvalue weighted by atomic mass is 16.5. The summed E-state index contributed by atoms with van der Waals surface area (Å²) in [5.74, 6) is 6.16. The summed E-state index contributed by atoms with van der Waals surface area (Å²) in [6, 6.07) is 0.285. The maximum Gasteiger partial charge on any atom is 0.323 e. The Kier molecular flexibility index (Phi) is 4.71. The Labute approximate surface area is 95.0 Å². The van der Waals surface area contributed by atoms with E-state index in [4.69, 9.17) is 10.6 Å². The lowest BCUT2D eigenvalue weighted by atomic mass is 10.5. The van der Waals surface area contributed by atoms with Crippen LogP contribution in [0.25, 0.3) is 0 Å². The zero-order valence-electron chi connectivity index (χ0n) is 9.90. The van der Waals surface area contributed by atoms with Crippen molar-refractivity contribution in [3.8, 4) is 6.01 Å². The van der Waals surface area contributed by atoms with E-state index in [0.29, 0.717) is 18.5 Å². The fourth-order valence-electron chi connectivity index (χ4n) is 1.25. The monoisotopic (exact) mass is 226 g/mol. The Morgan fingerprint density at radius 3 is 2.38 bits per heavy atom. The summed E-state index contributed by atoms with van der Waals surface area (Å²) < 4.78 is 5.24. The molecule has 0 saturated heterocycles. The standard InChI is InChI=1S/C9H18N6O/c1-4-15(5-2)8-11-7(14-10)12-9(13-8)16-6-3/h4-6,10H2,1-3H3,(H,11,12,13,14). The van der Waals surface area contributed by atoms with E-state index in [1.54, 1.807) is 0 Å². The number of rotatable bonds is 6. The van der Waals surface area contributed by atoms with Gasteiger partial charge in [-0.2, -0.15) is 15.0 Å². The predicted octanol–water partition coefficient (Wildman–Crippen LogP) is 0.402. The Balaban J connectivity index is 3.02. The zero-order valence-corrected chi connectivity index (χ0v) is 9.90. The predicted molar refractivity (Wildman–Crippen MR) is 62.4 cm³/mol. The molecule has 0 aliphatic carbocycles. The van der Waals surface area contributed by atoms with Crippen molar-refractivity contribution in [2.24, 2.45) is 5.84 Å². The largest absolute Gasteiger partial charge is 0.464 e. The zero-order chi connectivity index (χ0) is 12.0. The number of anilines is 2. The molecular formula is C9H18N6O. The van der Waals surface area contributed by atoms with Gasteiger partial charge in [-0.05, 0) is 20.8 Å². The minimum Gasteiger partial charge on any atom is -0.464 e. The van der Waals surface area contributed by atoms with Gasteiger partial charge in [-0.15, -0.1) is 0 Å². The van der Waals surface area contributed by atoms with Crippen LogP contribution >= 0.6 is 0 Å². The van der Waals surface area contributed by atoms with Gasteiger partial charge in [0.25, 0.3) is 0 Å². The van der Waals surface area contributed by atoms with Crippen LogP contribution in [-0.2, 0) is 0 Å². The summed E-state index contributed by atoms with van der Waals surface area (Å²) in [5, 5.41) is 0. The molecule has 0 aromatic carbocycles. The first-order chi connectivity index (χ1) is 7.74. The molecule has 0 saturated carbocycles. The third kappa shape index (κ3) is 2.93. The number of aromatic nitrogens is 3. The number of nitrogen functional groups attached to an aromatic ring is 1. The Hall–Kier alpha value is -1.63. The number of nitrogens with two attached hydrogens (primary N) is 1. The van der Waals surface area contributed by atoms with E-state index in [9.17, 15) is 0 Å². The normalized spacial score (nSPS) is 10.0. The van der Waals surface area contributed by atoms with Crippen molar-refractivity contribution >= 4 is 11.9 Å². The van der Waals surface area contributed by atoms with Gasteiger partial charge in [0.1, 0.15) is 0 Å². The maximum absolute atomic E-state index is 5.29. The lowest BCUT2D eigenvalue weighted by molar-refractivity contribution is 0.312. The molecule has 7 heteroatoms. The Morgan fingerprint density at radius 1 is 1.19 bits per heavy atom. The van der Waals surface area contributed by atoms with Crippen LogP contribution in [0.3, 0.4) is 0 Å². The molecule has 0 aliphatic heterocycles. The molecule has 0 atom stereocenters. The maximum atomic E-state index is 5.29. The minimum absolute atomic E-state index is 0.285. The Bertz CT molecular complexity index is 328. The van der Waals surface area contributed by atoms with Crippen molar-refractivity contribution in [3.63, 3.8) is 0 Å². The highest BCUT2D eigenvalue weighted by molar-refractivity contribution is 5.37. The Morgan fingerprint density at radius 2 is 1.88 bits per heavy atom. The van der Waals surface area contributed by atoms with Crippen LogP contribution in [0.5, 0.6) is 6.01 Å². The highest BCUT2D eigenvalue weighted by Gasteiger charge is 2.10. The number of nitrogens with one attached hydrogen (secondary N) is 1. The number of hydrazine groups is 1. The van der Waals surface area contributed by atoms with Crippen LogP contribution in [0.1, 0.15) is 20.8 Å². The summed E-state index contributed by atoms with van der Waals surface area (Å²) in [4.78, 5) is 14.3. The molecule has 0 radical (unpaired) electrons. The van der Waals surface area contributed by atoms with E-state index in [1.807, 2.05) is 25.7 Å². The third-order valence-corrected chi connectivity index (χ3v) is 2.05. The van der Waals surface area contributed by atoms with Gasteiger partial charge >= 0.3 is 6.01 Å². The van der Waals surface area contributed by atoms with Gasteiger partial charge in [0, 0.05) is 13.1 Å². The van der Waals surface area contributed by atoms with Crippen LogP contribution in [0.15, 0.2) is 0 Å². The van der Waals surface area contributed by atoms with Gasteiger partial charge in [0.15, 0.2) is 0 Å². The molecule has 90 valence electrons. The summed E-state index contributed by atoms with van der Waals surface area (Å²) >= 11 is 0. The first-order valence-electron chi connectivity index (χ1n) is 5.35. The quantitative estimate of drug-likeness (QED) is 0.536. The molecule has 0 bridgehead atoms. The summed E-state index contributed by atoms with van der Waals surface area (Å²) in [5.41, 5.74) is 2.40. The van der Waals surface area contributed by atoms with Crippen LogP contribution in [-0.4, -0.2) is 34.6 Å². The van der Waals surface area contributed by atoms with Crippen LogP contribution in [0.2, 0.25) is 0 Å². The molecule has 3 N–H and O–H groups in total. The number of hydrogen-bond acceptors (Lipinski definition) is 7. The average molecular weight is 226 g/mol. The molecule has 0 aliphatic rings. The van der Waals surface area contributed by atoms with Crippen LogP contribution in [0, 0.1) is 0 Å². The molecule has 1 heterocycles. The van der Waals surface area contributed by atoms with E-state index in [-0.39, 0.29) is 6.01 Å². The first kappa shape index (κ1) is 12.4. The second kappa shape index (κ2) is 6.06. The second-order valence-corrected chi connectivity index (χ2v) is 2.99. The molecule has 0 spiro atoms. The summed E-state index contributed by atoms with van der Waals surface area (Å²) in [6.07, 6.45) is 0. The average Bonchev–Trinajstić information content (AvgIpc) is 2.31. The van der Waals surface area contributed by atoms with Crippen molar-refractivity contribution in [3.05, 3.63) is 0 Å². The topological polar surface area (TPSA) is 89.2 Å². The fraction of sp³-hybridized carbons (Fsp3) is 0.667. The molecule has 16 heavy (non-hydrogen) atoms. The lowest BCUT2D eigenvalue weighted by Crippen LogP contribution is -2.25. The molecule has 0 unspecified atom stereocenters. The minimum atomic E-state index is 0.285. The molecule has 0 amide bonds. The van der Waals surface area contributed by atoms with Gasteiger partial charge < -0.3 is 9.64 Å². The summed E-state index contributed by atoms with van der Waals surface area (Å²) in [7, 11) is 0. The van der Waals surface area contributed by atoms with E-state index >= 15 is 0 Å². The molecule has 7 nitrogen and oxygen atoms in total. The SMILES string of the molecule is CCOc1nc(NN)nc(N(CC)CC)n1. The molecule has 1 rings (SSSR count). The second-order valence-electron chi connectivity index (χ2n) is 2.99. The van der Waals surface area contributed by atoms with E-state index < -0.39 is 0 Å².